The van der Waals surface area contributed by atoms with E-state index in [-0.39, 0.29) is 11.9 Å². The van der Waals surface area contributed by atoms with Crippen LogP contribution in [0.15, 0.2) is 28.8 Å². The van der Waals surface area contributed by atoms with Crippen LogP contribution in [0, 0.1) is 12.8 Å². The molecule has 1 aromatic carbocycles. The molecule has 0 saturated heterocycles. The number of hydrogen-bond donors (Lipinski definition) is 2. The number of thiazole rings is 1. The highest BCUT2D eigenvalue weighted by Gasteiger charge is 2.28. The van der Waals surface area contributed by atoms with E-state index < -0.39 is 0 Å². The van der Waals surface area contributed by atoms with Crippen LogP contribution in [0.2, 0.25) is 0 Å². The zero-order valence-electron chi connectivity index (χ0n) is 21.9. The Kier molecular flexibility index (Phi) is 8.20. The summed E-state index contributed by atoms with van der Waals surface area (Å²) in [5, 5.41) is 7.91. The van der Waals surface area contributed by atoms with Crippen molar-refractivity contribution >= 4 is 22.4 Å². The lowest BCUT2D eigenvalue weighted by atomic mass is 9.83. The molecule has 0 unspecified atom stereocenters. The van der Waals surface area contributed by atoms with Crippen LogP contribution in [-0.2, 0) is 12.8 Å². The van der Waals surface area contributed by atoms with E-state index in [9.17, 15) is 4.79 Å². The van der Waals surface area contributed by atoms with Crippen LogP contribution in [0.3, 0.4) is 0 Å². The Hall–Kier alpha value is -2.78. The van der Waals surface area contributed by atoms with Gasteiger partial charge in [0.1, 0.15) is 0 Å². The van der Waals surface area contributed by atoms with Gasteiger partial charge in [-0.1, -0.05) is 24.2 Å². The molecule has 37 heavy (non-hydrogen) atoms. The number of hydrogen-bond acceptors (Lipinski definition) is 8. The van der Waals surface area contributed by atoms with Gasteiger partial charge in [0, 0.05) is 35.0 Å². The van der Waals surface area contributed by atoms with Gasteiger partial charge in [-0.15, -0.1) is 11.3 Å². The molecule has 3 N–H and O–H groups in total. The number of carbonyl (C=O) groups excluding carboxylic acids is 1. The SMILES string of the molecule is CCCN(CCC1CCC(NC(=O)c2ccc(-c3noc(C)n3)cc2)CC1)[C@H]1CCc2nc(N)sc2C1. The Morgan fingerprint density at radius 1 is 1.14 bits per heavy atom. The summed E-state index contributed by atoms with van der Waals surface area (Å²) >= 11 is 1.68. The minimum Gasteiger partial charge on any atom is -0.375 e. The molecule has 3 aromatic rings. The first kappa shape index (κ1) is 25.9. The molecule has 0 aliphatic heterocycles. The van der Waals surface area contributed by atoms with Crippen molar-refractivity contribution in [3.05, 3.63) is 46.3 Å². The third kappa shape index (κ3) is 6.38. The lowest BCUT2D eigenvalue weighted by molar-refractivity contribution is 0.0918. The fourth-order valence-corrected chi connectivity index (χ4v) is 6.80. The summed E-state index contributed by atoms with van der Waals surface area (Å²) in [6.07, 6.45) is 10.2. The van der Waals surface area contributed by atoms with Crippen LogP contribution in [0.1, 0.15) is 78.7 Å². The second-order valence-corrected chi connectivity index (χ2v) is 11.7. The average molecular weight is 523 g/mol. The van der Waals surface area contributed by atoms with Gasteiger partial charge in [-0.05, 0) is 88.9 Å². The fraction of sp³-hybridized carbons (Fsp3) is 0.571. The number of amides is 1. The standard InChI is InChI=1S/C28H38N6O2S/c1-3-15-34(23-12-13-24-25(17-23)37-28(29)32-24)16-14-19-4-10-22(11-5-19)31-27(35)21-8-6-20(7-9-21)26-30-18(2)36-33-26/h6-9,19,22-23H,3-5,10-17H2,1-2H3,(H2,29,32)(H,31,35)/t19?,22?,23-/m0/s1. The number of nitrogens with two attached hydrogens (primary N) is 1. The van der Waals surface area contributed by atoms with Gasteiger partial charge in [0.2, 0.25) is 11.7 Å². The summed E-state index contributed by atoms with van der Waals surface area (Å²) in [6, 6.07) is 8.27. The molecule has 1 fully saturated rings. The summed E-state index contributed by atoms with van der Waals surface area (Å²) in [4.78, 5) is 25.7. The predicted octanol–water partition coefficient (Wildman–Crippen LogP) is 5.03. The Balaban J connectivity index is 1.07. The maximum absolute atomic E-state index is 12.8. The second-order valence-electron chi connectivity index (χ2n) is 10.5. The Morgan fingerprint density at radius 2 is 1.92 bits per heavy atom. The lowest BCUT2D eigenvalue weighted by Crippen LogP contribution is -2.41. The van der Waals surface area contributed by atoms with Crippen LogP contribution in [0.25, 0.3) is 11.4 Å². The molecule has 0 radical (unpaired) electrons. The molecular weight excluding hydrogens is 484 g/mol. The second kappa shape index (κ2) is 11.7. The fourth-order valence-electron chi connectivity index (χ4n) is 5.85. The average Bonchev–Trinajstić information content (AvgIpc) is 3.51. The largest absolute Gasteiger partial charge is 0.375 e. The monoisotopic (exact) mass is 522 g/mol. The number of nitrogens with one attached hydrogen (secondary N) is 1. The maximum atomic E-state index is 12.8. The molecule has 2 aliphatic rings. The van der Waals surface area contributed by atoms with Gasteiger partial charge in [0.05, 0.1) is 5.69 Å². The number of aryl methyl sites for hydroxylation is 2. The Labute approximate surface area is 223 Å². The molecule has 8 nitrogen and oxygen atoms in total. The van der Waals surface area contributed by atoms with E-state index in [0.717, 1.165) is 50.3 Å². The van der Waals surface area contributed by atoms with Gasteiger partial charge >= 0.3 is 0 Å². The lowest BCUT2D eigenvalue weighted by Gasteiger charge is -2.36. The van der Waals surface area contributed by atoms with E-state index in [1.807, 2.05) is 24.3 Å². The number of nitrogens with zero attached hydrogens (tertiary/aromatic N) is 4. The minimum absolute atomic E-state index is 0.00575. The van der Waals surface area contributed by atoms with Crippen LogP contribution in [0.5, 0.6) is 0 Å². The van der Waals surface area contributed by atoms with Crippen molar-refractivity contribution in [3.8, 4) is 11.4 Å². The van der Waals surface area contributed by atoms with E-state index in [0.29, 0.717) is 28.5 Å². The van der Waals surface area contributed by atoms with Crippen molar-refractivity contribution in [2.45, 2.75) is 83.7 Å². The molecule has 2 aromatic heterocycles. The van der Waals surface area contributed by atoms with Gasteiger partial charge in [-0.2, -0.15) is 4.98 Å². The molecule has 9 heteroatoms. The Morgan fingerprint density at radius 3 is 2.62 bits per heavy atom. The van der Waals surface area contributed by atoms with Crippen LogP contribution < -0.4 is 11.1 Å². The number of nitrogen functional groups attached to an aromatic ring is 1. The highest BCUT2D eigenvalue weighted by atomic mass is 32.1. The number of carbonyl (C=O) groups is 1. The zero-order chi connectivity index (χ0) is 25.8. The topological polar surface area (TPSA) is 110 Å². The molecule has 1 amide bonds. The van der Waals surface area contributed by atoms with Crippen molar-refractivity contribution in [1.82, 2.24) is 25.3 Å². The highest BCUT2D eigenvalue weighted by molar-refractivity contribution is 7.15. The van der Waals surface area contributed by atoms with Gasteiger partial charge in [-0.3, -0.25) is 4.79 Å². The summed E-state index contributed by atoms with van der Waals surface area (Å²) in [5.74, 6) is 1.80. The van der Waals surface area contributed by atoms with Crippen LogP contribution >= 0.6 is 11.3 Å². The number of rotatable bonds is 9. The van der Waals surface area contributed by atoms with Crippen molar-refractivity contribution < 1.29 is 9.32 Å². The van der Waals surface area contributed by atoms with E-state index in [1.165, 1.54) is 42.7 Å². The number of anilines is 1. The quantitative estimate of drug-likeness (QED) is 0.405. The summed E-state index contributed by atoms with van der Waals surface area (Å²) < 4.78 is 5.04. The van der Waals surface area contributed by atoms with Crippen LogP contribution in [0.4, 0.5) is 5.13 Å². The molecular formula is C28H38N6O2S. The zero-order valence-corrected chi connectivity index (χ0v) is 22.7. The van der Waals surface area contributed by atoms with E-state index in [4.69, 9.17) is 10.3 Å². The first-order chi connectivity index (χ1) is 18.0. The first-order valence-corrected chi connectivity index (χ1v) is 14.5. The molecule has 2 aliphatic carbocycles. The summed E-state index contributed by atoms with van der Waals surface area (Å²) in [7, 11) is 0. The van der Waals surface area contributed by atoms with E-state index >= 15 is 0 Å². The van der Waals surface area contributed by atoms with Gasteiger partial charge < -0.3 is 20.5 Å². The summed E-state index contributed by atoms with van der Waals surface area (Å²) in [5.41, 5.74) is 8.70. The molecule has 1 atom stereocenters. The van der Waals surface area contributed by atoms with Crippen molar-refractivity contribution in [1.29, 1.82) is 0 Å². The number of fused-ring (bicyclic) bond motifs is 1. The highest BCUT2D eigenvalue weighted by Crippen LogP contribution is 2.32. The molecule has 1 saturated carbocycles. The van der Waals surface area contributed by atoms with Gasteiger partial charge in [-0.25, -0.2) is 4.98 Å². The van der Waals surface area contributed by atoms with Gasteiger partial charge in [0.25, 0.3) is 5.91 Å². The maximum Gasteiger partial charge on any atom is 0.251 e. The van der Waals surface area contributed by atoms with E-state index in [2.05, 4.69) is 32.3 Å². The Bertz CT molecular complexity index is 1180. The van der Waals surface area contributed by atoms with Gasteiger partial charge in [0.15, 0.2) is 5.13 Å². The normalized spacial score (nSPS) is 21.6. The van der Waals surface area contributed by atoms with E-state index in [1.54, 1.807) is 18.3 Å². The molecule has 198 valence electrons. The molecule has 5 rings (SSSR count). The number of aromatic nitrogens is 3. The van der Waals surface area contributed by atoms with Crippen molar-refractivity contribution in [2.24, 2.45) is 5.92 Å². The molecule has 0 bridgehead atoms. The minimum atomic E-state index is -0.00575. The molecule has 2 heterocycles. The molecule has 0 spiro atoms. The van der Waals surface area contributed by atoms with Crippen LogP contribution in [-0.4, -0.2) is 51.1 Å². The van der Waals surface area contributed by atoms with Crippen molar-refractivity contribution in [2.75, 3.05) is 18.8 Å². The predicted molar refractivity (Wildman–Crippen MR) is 147 cm³/mol. The summed E-state index contributed by atoms with van der Waals surface area (Å²) in [6.45, 7) is 6.36. The smallest absolute Gasteiger partial charge is 0.251 e. The number of benzene rings is 1. The third-order valence-electron chi connectivity index (χ3n) is 7.90. The third-order valence-corrected chi connectivity index (χ3v) is 8.85. The van der Waals surface area contributed by atoms with Crippen molar-refractivity contribution in [3.63, 3.8) is 0 Å². The first-order valence-electron chi connectivity index (χ1n) is 13.7.